The van der Waals surface area contributed by atoms with Crippen LogP contribution in [-0.2, 0) is 21.4 Å². The third-order valence-electron chi connectivity index (χ3n) is 3.13. The number of amides is 1. The molecule has 1 aromatic rings. The molecule has 0 radical (unpaired) electrons. The van der Waals surface area contributed by atoms with Gasteiger partial charge in [0.15, 0.2) is 0 Å². The maximum atomic E-state index is 12.3. The van der Waals surface area contributed by atoms with E-state index in [9.17, 15) is 13.2 Å². The Kier molecular flexibility index (Phi) is 9.27. The minimum Gasteiger partial charge on any atom is -0.337 e. The van der Waals surface area contributed by atoms with Gasteiger partial charge >= 0.3 is 0 Å². The number of likely N-dealkylation sites (N-methyl/N-ethyl adjacent to an activating group) is 1. The molecule has 0 fully saturated rings. The molecule has 0 heterocycles. The quantitative estimate of drug-likeness (QED) is 0.748. The van der Waals surface area contributed by atoms with Crippen molar-refractivity contribution in [2.24, 2.45) is 5.73 Å². The van der Waals surface area contributed by atoms with Crippen LogP contribution in [0.25, 0.3) is 0 Å². The summed E-state index contributed by atoms with van der Waals surface area (Å²) in [4.78, 5) is 13.9. The lowest BCUT2D eigenvalue weighted by Crippen LogP contribution is -2.41. The van der Waals surface area contributed by atoms with Gasteiger partial charge < -0.3 is 10.6 Å². The summed E-state index contributed by atoms with van der Waals surface area (Å²) in [6.07, 6.45) is 1.77. The largest absolute Gasteiger partial charge is 0.337 e. The number of halogens is 1. The Morgan fingerprint density at radius 2 is 1.82 bits per heavy atom. The van der Waals surface area contributed by atoms with Gasteiger partial charge in [-0.05, 0) is 18.5 Å². The molecule has 1 amide bonds. The zero-order valence-corrected chi connectivity index (χ0v) is 14.6. The number of carbonyl (C=O) groups excluding carboxylic acids is 1. The van der Waals surface area contributed by atoms with Crippen molar-refractivity contribution in [3.05, 3.63) is 35.9 Å². The van der Waals surface area contributed by atoms with Gasteiger partial charge in [-0.3, -0.25) is 4.79 Å². The highest BCUT2D eigenvalue weighted by atomic mass is 35.5. The van der Waals surface area contributed by atoms with Gasteiger partial charge in [-0.1, -0.05) is 30.3 Å². The average molecular weight is 350 g/mol. The predicted molar refractivity (Wildman–Crippen MR) is 90.3 cm³/mol. The topological polar surface area (TPSA) is 83.7 Å². The molecule has 0 aliphatic heterocycles. The van der Waals surface area contributed by atoms with E-state index in [1.807, 2.05) is 30.3 Å². The second-order valence-electron chi connectivity index (χ2n) is 4.96. The summed E-state index contributed by atoms with van der Waals surface area (Å²) in [5, 5.41) is 0. The van der Waals surface area contributed by atoms with E-state index < -0.39 is 10.0 Å². The molecular formula is C14H24ClN3O3S. The third-order valence-corrected chi connectivity index (χ3v) is 4.39. The van der Waals surface area contributed by atoms with Crippen molar-refractivity contribution in [1.82, 2.24) is 9.21 Å². The maximum absolute atomic E-state index is 12.3. The van der Waals surface area contributed by atoms with E-state index in [-0.39, 0.29) is 24.9 Å². The van der Waals surface area contributed by atoms with Gasteiger partial charge in [-0.15, -0.1) is 12.4 Å². The highest BCUT2D eigenvalue weighted by Crippen LogP contribution is 2.07. The van der Waals surface area contributed by atoms with E-state index in [1.54, 1.807) is 4.90 Å². The number of hydrogen-bond acceptors (Lipinski definition) is 4. The zero-order chi connectivity index (χ0) is 15.9. The molecule has 2 N–H and O–H groups in total. The minimum absolute atomic E-state index is 0. The Balaban J connectivity index is 0.00000441. The second kappa shape index (κ2) is 9.78. The molecule has 1 rings (SSSR count). The Labute approximate surface area is 138 Å². The van der Waals surface area contributed by atoms with Crippen LogP contribution in [0.5, 0.6) is 0 Å². The van der Waals surface area contributed by atoms with Crippen molar-refractivity contribution in [1.29, 1.82) is 0 Å². The first-order valence-electron chi connectivity index (χ1n) is 6.77. The van der Waals surface area contributed by atoms with E-state index in [2.05, 4.69) is 0 Å². The standard InChI is InChI=1S/C14H23N3O3S.ClH/c1-16(21(2,19)20)12-14(18)17(10-6-9-15)11-13-7-4-3-5-8-13;/h3-5,7-8H,6,9-12,15H2,1-2H3;1H. The highest BCUT2D eigenvalue weighted by molar-refractivity contribution is 7.88. The predicted octanol–water partition coefficient (Wildman–Crippen LogP) is 0.677. The van der Waals surface area contributed by atoms with E-state index in [1.165, 1.54) is 7.05 Å². The van der Waals surface area contributed by atoms with Crippen LogP contribution in [0.15, 0.2) is 30.3 Å². The summed E-state index contributed by atoms with van der Waals surface area (Å²) in [6.45, 7) is 1.30. The summed E-state index contributed by atoms with van der Waals surface area (Å²) >= 11 is 0. The number of hydrogen-bond donors (Lipinski definition) is 1. The van der Waals surface area contributed by atoms with Crippen molar-refractivity contribution in [2.45, 2.75) is 13.0 Å². The first-order chi connectivity index (χ1) is 9.84. The van der Waals surface area contributed by atoms with Gasteiger partial charge in [0.25, 0.3) is 0 Å². The molecular weight excluding hydrogens is 326 g/mol. The molecule has 0 aliphatic carbocycles. The Morgan fingerprint density at radius 3 is 2.32 bits per heavy atom. The number of sulfonamides is 1. The number of rotatable bonds is 8. The van der Waals surface area contributed by atoms with Crippen molar-refractivity contribution in [3.63, 3.8) is 0 Å². The van der Waals surface area contributed by atoms with Gasteiger partial charge in [0.1, 0.15) is 0 Å². The monoisotopic (exact) mass is 349 g/mol. The Morgan fingerprint density at radius 1 is 1.23 bits per heavy atom. The van der Waals surface area contributed by atoms with Crippen LogP contribution in [0.3, 0.4) is 0 Å². The molecule has 22 heavy (non-hydrogen) atoms. The molecule has 8 heteroatoms. The fourth-order valence-corrected chi connectivity index (χ4v) is 2.13. The van der Waals surface area contributed by atoms with Crippen molar-refractivity contribution in [2.75, 3.05) is 32.9 Å². The minimum atomic E-state index is -3.36. The lowest BCUT2D eigenvalue weighted by Gasteiger charge is -2.25. The van der Waals surface area contributed by atoms with Gasteiger partial charge in [0.2, 0.25) is 15.9 Å². The van der Waals surface area contributed by atoms with Crippen LogP contribution in [-0.4, -0.2) is 56.5 Å². The van der Waals surface area contributed by atoms with Crippen LogP contribution in [0, 0.1) is 0 Å². The maximum Gasteiger partial charge on any atom is 0.238 e. The zero-order valence-electron chi connectivity index (χ0n) is 12.9. The molecule has 0 saturated heterocycles. The molecule has 6 nitrogen and oxygen atoms in total. The fraction of sp³-hybridized carbons (Fsp3) is 0.500. The van der Waals surface area contributed by atoms with Crippen molar-refractivity contribution >= 4 is 28.3 Å². The van der Waals surface area contributed by atoms with E-state index >= 15 is 0 Å². The van der Waals surface area contributed by atoms with Gasteiger partial charge in [-0.25, -0.2) is 8.42 Å². The fourth-order valence-electron chi connectivity index (χ4n) is 1.79. The van der Waals surface area contributed by atoms with E-state index in [0.717, 1.165) is 16.1 Å². The van der Waals surface area contributed by atoms with E-state index in [0.29, 0.717) is 26.1 Å². The van der Waals surface area contributed by atoms with Crippen LogP contribution in [0.4, 0.5) is 0 Å². The van der Waals surface area contributed by atoms with Crippen molar-refractivity contribution < 1.29 is 13.2 Å². The Hall–Kier alpha value is -1.15. The number of nitrogens with zero attached hydrogens (tertiary/aromatic N) is 2. The molecule has 0 spiro atoms. The van der Waals surface area contributed by atoms with Crippen LogP contribution < -0.4 is 5.73 Å². The van der Waals surface area contributed by atoms with Crippen molar-refractivity contribution in [3.8, 4) is 0 Å². The summed E-state index contributed by atoms with van der Waals surface area (Å²) in [6, 6.07) is 9.59. The molecule has 0 saturated carbocycles. The van der Waals surface area contributed by atoms with Crippen LogP contribution >= 0.6 is 12.4 Å². The summed E-state index contributed by atoms with van der Waals surface area (Å²) < 4.78 is 23.8. The second-order valence-corrected chi connectivity index (χ2v) is 7.05. The molecule has 0 bridgehead atoms. The molecule has 0 unspecified atom stereocenters. The molecule has 126 valence electrons. The number of carbonyl (C=O) groups is 1. The molecule has 0 aliphatic rings. The van der Waals surface area contributed by atoms with Gasteiger partial charge in [-0.2, -0.15) is 4.31 Å². The summed E-state index contributed by atoms with van der Waals surface area (Å²) in [5.74, 6) is -0.222. The van der Waals surface area contributed by atoms with Gasteiger partial charge in [0.05, 0.1) is 12.8 Å². The Bertz CT molecular complexity index is 552. The highest BCUT2D eigenvalue weighted by Gasteiger charge is 2.20. The van der Waals surface area contributed by atoms with E-state index in [4.69, 9.17) is 5.73 Å². The van der Waals surface area contributed by atoms with Gasteiger partial charge in [0, 0.05) is 20.1 Å². The number of nitrogens with two attached hydrogens (primary N) is 1. The van der Waals surface area contributed by atoms with Crippen LogP contribution in [0.1, 0.15) is 12.0 Å². The molecule has 1 aromatic carbocycles. The summed E-state index contributed by atoms with van der Waals surface area (Å²) in [5.41, 5.74) is 6.50. The smallest absolute Gasteiger partial charge is 0.238 e. The summed E-state index contributed by atoms with van der Waals surface area (Å²) in [7, 11) is -1.96. The normalized spacial score (nSPS) is 11.1. The third kappa shape index (κ3) is 7.22. The lowest BCUT2D eigenvalue weighted by molar-refractivity contribution is -0.131. The molecule has 0 aromatic heterocycles. The first kappa shape index (κ1) is 20.9. The SMILES string of the molecule is CN(CC(=O)N(CCCN)Cc1ccccc1)S(C)(=O)=O.Cl. The average Bonchev–Trinajstić information content (AvgIpc) is 2.43. The first-order valence-corrected chi connectivity index (χ1v) is 8.62. The number of benzene rings is 1. The van der Waals surface area contributed by atoms with Crippen LogP contribution in [0.2, 0.25) is 0 Å². The molecule has 0 atom stereocenters. The lowest BCUT2D eigenvalue weighted by atomic mass is 10.2.